The molecule has 2 aromatic heterocycles. The first-order valence-corrected chi connectivity index (χ1v) is 8.73. The lowest BCUT2D eigenvalue weighted by molar-refractivity contribution is 0.0544. The molecule has 3 aromatic rings. The van der Waals surface area contributed by atoms with Crippen LogP contribution < -0.4 is 0 Å². The van der Waals surface area contributed by atoms with Crippen molar-refractivity contribution in [3.63, 3.8) is 0 Å². The molecular formula is C17H16NO3S2+. The summed E-state index contributed by atoms with van der Waals surface area (Å²) >= 11 is 1.89. The van der Waals surface area contributed by atoms with Gasteiger partial charge in [0.15, 0.2) is 0 Å². The van der Waals surface area contributed by atoms with Crippen LogP contribution in [0.1, 0.15) is 20.8 Å². The summed E-state index contributed by atoms with van der Waals surface area (Å²) in [6, 6.07) is 9.52. The highest BCUT2D eigenvalue weighted by Gasteiger charge is 2.22. The second kappa shape index (κ2) is 5.86. The number of rotatable bonds is 2. The Labute approximate surface area is 142 Å². The van der Waals surface area contributed by atoms with Crippen LogP contribution in [0.15, 0.2) is 46.1 Å². The number of nitrogens with zero attached hydrogens (tertiary/aromatic N) is 1. The molecule has 0 saturated heterocycles. The predicted molar refractivity (Wildman–Crippen MR) is 93.2 cm³/mol. The summed E-state index contributed by atoms with van der Waals surface area (Å²) in [5, 5.41) is 2.89. The van der Waals surface area contributed by atoms with E-state index in [2.05, 4.69) is 0 Å². The molecule has 118 valence electrons. The van der Waals surface area contributed by atoms with Gasteiger partial charge in [0.05, 0.1) is 5.52 Å². The van der Waals surface area contributed by atoms with Crippen LogP contribution in [0, 0.1) is 0 Å². The molecule has 0 aliphatic carbocycles. The summed E-state index contributed by atoms with van der Waals surface area (Å²) in [7, 11) is 0. The van der Waals surface area contributed by atoms with Gasteiger partial charge in [-0.3, -0.25) is 4.57 Å². The van der Waals surface area contributed by atoms with Gasteiger partial charge in [-0.25, -0.2) is 4.79 Å². The van der Waals surface area contributed by atoms with Gasteiger partial charge >= 0.3 is 22.0 Å². The maximum Gasteiger partial charge on any atom is 0.516 e. The average molecular weight is 346 g/mol. The normalized spacial score (nSPS) is 11.6. The summed E-state index contributed by atoms with van der Waals surface area (Å²) in [6.07, 6.45) is 1.37. The highest BCUT2D eigenvalue weighted by Crippen LogP contribution is 2.34. The van der Waals surface area contributed by atoms with Crippen molar-refractivity contribution in [2.45, 2.75) is 30.6 Å². The number of ether oxygens (including phenoxy) is 1. The first-order valence-electron chi connectivity index (χ1n) is 7.11. The number of fused-ring (bicyclic) bond motifs is 1. The van der Waals surface area contributed by atoms with Gasteiger partial charge in [-0.05, 0) is 26.8 Å². The quantitative estimate of drug-likeness (QED) is 0.618. The van der Waals surface area contributed by atoms with Crippen LogP contribution in [0.5, 0.6) is 0 Å². The monoisotopic (exact) mass is 346 g/mol. The molecule has 0 fully saturated rings. The Balaban J connectivity index is 2.13. The van der Waals surface area contributed by atoms with Gasteiger partial charge in [0, 0.05) is 38.4 Å². The number of carbonyl (C=O) groups excluding carboxylic acids is 1. The molecule has 0 saturated carbocycles. The van der Waals surface area contributed by atoms with Crippen molar-refractivity contribution in [2.75, 3.05) is 0 Å². The van der Waals surface area contributed by atoms with Crippen molar-refractivity contribution in [1.29, 1.82) is 0 Å². The SMILES string of the molecule is CC(C)(C)OC(=O)n1cc(-c2csc([S+]=O)c2)c2ccccc21. The molecule has 0 unspecified atom stereocenters. The topological polar surface area (TPSA) is 48.3 Å². The summed E-state index contributed by atoms with van der Waals surface area (Å²) in [5.41, 5.74) is 2.09. The lowest BCUT2D eigenvalue weighted by atomic mass is 10.1. The predicted octanol–water partition coefficient (Wildman–Crippen LogP) is 4.94. The third-order valence-electron chi connectivity index (χ3n) is 3.27. The summed E-state index contributed by atoms with van der Waals surface area (Å²) in [4.78, 5) is 12.5. The number of para-hydroxylation sites is 1. The molecular weight excluding hydrogens is 330 g/mol. The minimum absolute atomic E-state index is 0.409. The van der Waals surface area contributed by atoms with Gasteiger partial charge in [-0.1, -0.05) is 29.5 Å². The van der Waals surface area contributed by atoms with Crippen LogP contribution >= 0.6 is 11.3 Å². The van der Waals surface area contributed by atoms with Gasteiger partial charge < -0.3 is 4.74 Å². The Morgan fingerprint density at radius 2 is 2.00 bits per heavy atom. The molecule has 6 heteroatoms. The van der Waals surface area contributed by atoms with E-state index in [1.54, 1.807) is 6.20 Å². The van der Waals surface area contributed by atoms with Crippen molar-refractivity contribution in [2.24, 2.45) is 0 Å². The van der Waals surface area contributed by atoms with Crippen molar-refractivity contribution < 1.29 is 13.7 Å². The maximum absolute atomic E-state index is 12.5. The number of thiophene rings is 1. The third-order valence-corrected chi connectivity index (χ3v) is 4.77. The fourth-order valence-corrected chi connectivity index (χ4v) is 3.48. The minimum Gasteiger partial charge on any atom is -0.443 e. The Hall–Kier alpha value is -2.05. The third kappa shape index (κ3) is 3.18. The number of aromatic nitrogens is 1. The van der Waals surface area contributed by atoms with E-state index in [-0.39, 0.29) is 0 Å². The first kappa shape index (κ1) is 15.8. The van der Waals surface area contributed by atoms with Gasteiger partial charge in [-0.15, -0.1) is 0 Å². The second-order valence-corrected chi connectivity index (χ2v) is 7.92. The number of hydrogen-bond acceptors (Lipinski definition) is 4. The van der Waals surface area contributed by atoms with Crippen LogP contribution in [0.2, 0.25) is 0 Å². The fourth-order valence-electron chi connectivity index (χ4n) is 2.37. The van der Waals surface area contributed by atoms with Gasteiger partial charge in [0.1, 0.15) is 5.60 Å². The van der Waals surface area contributed by atoms with E-state index in [0.29, 0.717) is 15.9 Å². The van der Waals surface area contributed by atoms with E-state index in [9.17, 15) is 9.00 Å². The first-order chi connectivity index (χ1) is 10.9. The van der Waals surface area contributed by atoms with E-state index in [1.807, 2.05) is 56.5 Å². The fraction of sp³-hybridized carbons (Fsp3) is 0.235. The standard InChI is InChI=1S/C17H16NO3S2/c1-17(2,3)21-16(19)18-9-13(11-8-15(23-20)22-10-11)12-6-4-5-7-14(12)18/h4-10H,1-3H3/q+1. The number of benzene rings is 1. The molecule has 1 aromatic carbocycles. The van der Waals surface area contributed by atoms with E-state index in [4.69, 9.17) is 4.74 Å². The molecule has 2 heterocycles. The Morgan fingerprint density at radius 1 is 1.26 bits per heavy atom. The van der Waals surface area contributed by atoms with Gasteiger partial charge in [0.25, 0.3) is 0 Å². The number of carbonyl (C=O) groups is 1. The van der Waals surface area contributed by atoms with Gasteiger partial charge in [-0.2, -0.15) is 0 Å². The summed E-state index contributed by atoms with van der Waals surface area (Å²) in [6.45, 7) is 5.52. The Morgan fingerprint density at radius 3 is 2.65 bits per heavy atom. The Bertz CT molecular complexity index is 887. The van der Waals surface area contributed by atoms with Crippen molar-refractivity contribution in [3.05, 3.63) is 41.9 Å². The van der Waals surface area contributed by atoms with Crippen molar-refractivity contribution in [1.82, 2.24) is 4.57 Å². The summed E-state index contributed by atoms with van der Waals surface area (Å²) < 4.78 is 18.7. The Kier molecular flexibility index (Phi) is 4.04. The van der Waals surface area contributed by atoms with Crippen LogP contribution in [0.3, 0.4) is 0 Å². The smallest absolute Gasteiger partial charge is 0.443 e. The molecule has 0 atom stereocenters. The number of hydrogen-bond donors (Lipinski definition) is 0. The van der Waals surface area contributed by atoms with Crippen LogP contribution in [-0.2, 0) is 20.6 Å². The molecule has 23 heavy (non-hydrogen) atoms. The molecule has 0 spiro atoms. The average Bonchev–Trinajstić information content (AvgIpc) is 3.09. The largest absolute Gasteiger partial charge is 0.516 e. The van der Waals surface area contributed by atoms with Crippen LogP contribution in [0.4, 0.5) is 4.79 Å². The van der Waals surface area contributed by atoms with Gasteiger partial charge in [0.2, 0.25) is 0 Å². The molecule has 4 nitrogen and oxygen atoms in total. The zero-order chi connectivity index (χ0) is 16.6. The molecule has 0 amide bonds. The lowest BCUT2D eigenvalue weighted by Gasteiger charge is -2.19. The highest BCUT2D eigenvalue weighted by atomic mass is 32.2. The summed E-state index contributed by atoms with van der Waals surface area (Å²) in [5.74, 6) is 0. The van der Waals surface area contributed by atoms with Crippen LogP contribution in [-0.4, -0.2) is 16.3 Å². The second-order valence-electron chi connectivity index (χ2n) is 6.15. The molecule has 3 rings (SSSR count). The highest BCUT2D eigenvalue weighted by molar-refractivity contribution is 7.69. The van der Waals surface area contributed by atoms with E-state index in [0.717, 1.165) is 22.0 Å². The molecule has 0 radical (unpaired) electrons. The zero-order valence-corrected chi connectivity index (χ0v) is 14.7. The lowest BCUT2D eigenvalue weighted by Crippen LogP contribution is -2.26. The molecule has 0 N–H and O–H groups in total. The van der Waals surface area contributed by atoms with Crippen molar-refractivity contribution >= 4 is 40.0 Å². The zero-order valence-electron chi connectivity index (χ0n) is 13.0. The minimum atomic E-state index is -0.558. The maximum atomic E-state index is 12.5. The molecule has 0 aliphatic rings. The molecule has 0 aliphatic heterocycles. The van der Waals surface area contributed by atoms with E-state index < -0.39 is 11.7 Å². The van der Waals surface area contributed by atoms with E-state index in [1.165, 1.54) is 15.9 Å². The van der Waals surface area contributed by atoms with Crippen LogP contribution in [0.25, 0.3) is 22.0 Å². The van der Waals surface area contributed by atoms with Crippen molar-refractivity contribution in [3.8, 4) is 11.1 Å². The van der Waals surface area contributed by atoms with E-state index >= 15 is 0 Å². The molecule has 0 bridgehead atoms.